The van der Waals surface area contributed by atoms with Gasteiger partial charge in [0.1, 0.15) is 0 Å². The second-order valence-electron chi connectivity index (χ2n) is 20.0. The quantitative estimate of drug-likeness (QED) is 0.0321. The number of hydrogen-bond donors (Lipinski definition) is 3. The molecule has 0 radical (unpaired) electrons. The largest absolute Gasteiger partial charge is 0.466 e. The first-order valence-corrected chi connectivity index (χ1v) is 29.3. The lowest BCUT2D eigenvalue weighted by molar-refractivity contribution is -0.143. The van der Waals surface area contributed by atoms with E-state index in [1.807, 2.05) is 6.08 Å². The summed E-state index contributed by atoms with van der Waals surface area (Å²) in [6.45, 7) is 4.87. The Morgan fingerprint density at radius 1 is 0.409 bits per heavy atom. The van der Waals surface area contributed by atoms with Gasteiger partial charge in [-0.05, 0) is 77.0 Å². The lowest BCUT2D eigenvalue weighted by Crippen LogP contribution is -2.45. The number of hydrogen-bond acceptors (Lipinski definition) is 5. The number of carbonyl (C=O) groups is 2. The van der Waals surface area contributed by atoms with Gasteiger partial charge in [0.15, 0.2) is 0 Å². The van der Waals surface area contributed by atoms with Crippen LogP contribution in [-0.4, -0.2) is 47.4 Å². The van der Waals surface area contributed by atoms with Crippen molar-refractivity contribution < 1.29 is 24.5 Å². The van der Waals surface area contributed by atoms with Gasteiger partial charge in [-0.3, -0.25) is 9.59 Å². The van der Waals surface area contributed by atoms with Crippen LogP contribution in [0.15, 0.2) is 36.5 Å². The van der Waals surface area contributed by atoms with Gasteiger partial charge >= 0.3 is 5.97 Å². The molecule has 0 aliphatic rings. The smallest absolute Gasteiger partial charge is 0.305 e. The molecule has 0 saturated heterocycles. The Hall–Kier alpha value is -1.92. The predicted molar refractivity (Wildman–Crippen MR) is 287 cm³/mol. The highest BCUT2D eigenvalue weighted by atomic mass is 16.5. The summed E-state index contributed by atoms with van der Waals surface area (Å²) < 4.78 is 5.45. The summed E-state index contributed by atoms with van der Waals surface area (Å²) in [7, 11) is 0. The molecule has 2 atom stereocenters. The number of allylic oxidation sites excluding steroid dienone is 5. The van der Waals surface area contributed by atoms with E-state index in [1.54, 1.807) is 6.08 Å². The van der Waals surface area contributed by atoms with E-state index in [-0.39, 0.29) is 18.5 Å². The molecule has 0 saturated carbocycles. The highest BCUT2D eigenvalue weighted by molar-refractivity contribution is 5.76. The minimum atomic E-state index is -0.850. The standard InChI is InChI=1S/C60H113NO5/c1-3-5-7-9-11-13-15-16-17-23-26-29-33-36-40-44-48-52-58(63)57(56-62)61-59(64)53-49-45-41-37-34-30-27-24-21-19-18-20-22-25-28-31-35-39-43-47-51-55-66-60(65)54-50-46-42-38-32-14-12-10-8-6-4-2/h10,12,19,21,48,52,57-58,62-63H,3-9,11,13-18,20,22-47,49-51,53-56H2,1-2H3,(H,61,64)/b12-10-,21-19-,52-48+. The molecule has 3 N–H and O–H groups in total. The molecule has 0 aromatic heterocycles. The Bertz CT molecular complexity index is 1070. The minimum absolute atomic E-state index is 0.00376. The van der Waals surface area contributed by atoms with Crippen molar-refractivity contribution in [3.05, 3.63) is 36.5 Å². The molecular weight excluding hydrogens is 815 g/mol. The summed E-state index contributed by atoms with van der Waals surface area (Å²) in [6, 6.07) is -0.634. The molecule has 1 amide bonds. The molecule has 0 rings (SSSR count). The van der Waals surface area contributed by atoms with Crippen molar-refractivity contribution in [2.45, 2.75) is 321 Å². The van der Waals surface area contributed by atoms with Gasteiger partial charge in [-0.25, -0.2) is 0 Å². The zero-order valence-electron chi connectivity index (χ0n) is 44.2. The van der Waals surface area contributed by atoms with Crippen LogP contribution in [0.5, 0.6) is 0 Å². The van der Waals surface area contributed by atoms with Crippen LogP contribution in [0.1, 0.15) is 309 Å². The van der Waals surface area contributed by atoms with Crippen LogP contribution >= 0.6 is 0 Å². The highest BCUT2D eigenvalue weighted by Crippen LogP contribution is 2.16. The lowest BCUT2D eigenvalue weighted by atomic mass is 10.0. The van der Waals surface area contributed by atoms with Crippen molar-refractivity contribution in [2.24, 2.45) is 0 Å². The van der Waals surface area contributed by atoms with Crippen molar-refractivity contribution in [1.82, 2.24) is 5.32 Å². The average Bonchev–Trinajstić information content (AvgIpc) is 3.32. The van der Waals surface area contributed by atoms with E-state index < -0.39 is 12.1 Å². The fourth-order valence-electron chi connectivity index (χ4n) is 8.84. The van der Waals surface area contributed by atoms with Crippen molar-refractivity contribution in [3.63, 3.8) is 0 Å². The minimum Gasteiger partial charge on any atom is -0.466 e. The molecule has 0 aromatic rings. The summed E-state index contributed by atoms with van der Waals surface area (Å²) in [5.74, 6) is -0.0784. The molecule has 0 fully saturated rings. The van der Waals surface area contributed by atoms with E-state index in [4.69, 9.17) is 4.74 Å². The van der Waals surface area contributed by atoms with Crippen LogP contribution in [0, 0.1) is 0 Å². The maximum absolute atomic E-state index is 12.5. The normalized spacial score (nSPS) is 12.8. The molecule has 6 nitrogen and oxygen atoms in total. The topological polar surface area (TPSA) is 95.9 Å². The van der Waals surface area contributed by atoms with E-state index in [0.717, 1.165) is 51.4 Å². The molecule has 388 valence electrons. The molecule has 0 aromatic carbocycles. The fourth-order valence-corrected chi connectivity index (χ4v) is 8.84. The number of aliphatic hydroxyl groups excluding tert-OH is 2. The van der Waals surface area contributed by atoms with Crippen LogP contribution in [0.3, 0.4) is 0 Å². The van der Waals surface area contributed by atoms with Crippen molar-refractivity contribution in [1.29, 1.82) is 0 Å². The van der Waals surface area contributed by atoms with Gasteiger partial charge in [0.25, 0.3) is 0 Å². The summed E-state index contributed by atoms with van der Waals surface area (Å²) >= 11 is 0. The molecule has 0 aliphatic carbocycles. The molecule has 0 aliphatic heterocycles. The van der Waals surface area contributed by atoms with Crippen molar-refractivity contribution >= 4 is 11.9 Å². The second-order valence-corrected chi connectivity index (χ2v) is 20.0. The summed E-state index contributed by atoms with van der Waals surface area (Å²) in [5, 5.41) is 23.1. The monoisotopic (exact) mass is 928 g/mol. The van der Waals surface area contributed by atoms with Crippen molar-refractivity contribution in [3.8, 4) is 0 Å². The number of nitrogens with one attached hydrogen (secondary N) is 1. The number of unbranched alkanes of at least 4 members (excludes halogenated alkanes) is 39. The van der Waals surface area contributed by atoms with E-state index in [0.29, 0.717) is 19.4 Å². The third kappa shape index (κ3) is 51.5. The summed E-state index contributed by atoms with van der Waals surface area (Å²) in [5.41, 5.74) is 0. The first-order chi connectivity index (χ1) is 32.5. The first-order valence-electron chi connectivity index (χ1n) is 29.3. The molecule has 2 unspecified atom stereocenters. The van der Waals surface area contributed by atoms with Crippen LogP contribution in [0.25, 0.3) is 0 Å². The Labute approximate surface area is 411 Å². The van der Waals surface area contributed by atoms with Gasteiger partial charge in [-0.15, -0.1) is 0 Å². The van der Waals surface area contributed by atoms with Gasteiger partial charge in [-0.2, -0.15) is 0 Å². The predicted octanol–water partition coefficient (Wildman–Crippen LogP) is 18.0. The van der Waals surface area contributed by atoms with Crippen LogP contribution in [-0.2, 0) is 14.3 Å². The van der Waals surface area contributed by atoms with Crippen LogP contribution < -0.4 is 5.32 Å². The maximum atomic E-state index is 12.5. The van der Waals surface area contributed by atoms with E-state index in [9.17, 15) is 19.8 Å². The Kier molecular flexibility index (Phi) is 54.1. The number of carbonyl (C=O) groups excluding carboxylic acids is 2. The molecular formula is C60H113NO5. The number of aliphatic hydroxyl groups is 2. The third-order valence-electron chi connectivity index (χ3n) is 13.4. The Balaban J connectivity index is 3.47. The maximum Gasteiger partial charge on any atom is 0.305 e. The van der Waals surface area contributed by atoms with E-state index in [2.05, 4.69) is 43.5 Å². The third-order valence-corrected chi connectivity index (χ3v) is 13.4. The zero-order chi connectivity index (χ0) is 47.9. The number of ether oxygens (including phenoxy) is 1. The van der Waals surface area contributed by atoms with Crippen molar-refractivity contribution in [2.75, 3.05) is 13.2 Å². The van der Waals surface area contributed by atoms with Gasteiger partial charge < -0.3 is 20.3 Å². The second kappa shape index (κ2) is 55.7. The van der Waals surface area contributed by atoms with Crippen LogP contribution in [0.4, 0.5) is 0 Å². The number of amides is 1. The van der Waals surface area contributed by atoms with Crippen LogP contribution in [0.2, 0.25) is 0 Å². The SMILES string of the molecule is CCCC/C=C\CCCCCCCC(=O)OCCCCCCCCCCCC/C=C\CCCCCCCCCC(=O)NC(CO)C(O)/C=C/CCCCCCCCCCCCCCCCC. The molecule has 0 heterocycles. The van der Waals surface area contributed by atoms with E-state index >= 15 is 0 Å². The average molecular weight is 929 g/mol. The zero-order valence-corrected chi connectivity index (χ0v) is 44.2. The lowest BCUT2D eigenvalue weighted by Gasteiger charge is -2.20. The molecule has 0 spiro atoms. The Morgan fingerprint density at radius 2 is 0.727 bits per heavy atom. The molecule has 0 bridgehead atoms. The molecule has 66 heavy (non-hydrogen) atoms. The van der Waals surface area contributed by atoms with Gasteiger partial charge in [-0.1, -0.05) is 256 Å². The summed E-state index contributed by atoms with van der Waals surface area (Å²) in [6.07, 6.45) is 68.8. The van der Waals surface area contributed by atoms with E-state index in [1.165, 1.54) is 231 Å². The first kappa shape index (κ1) is 64.1. The van der Waals surface area contributed by atoms with Gasteiger partial charge in [0.2, 0.25) is 5.91 Å². The summed E-state index contributed by atoms with van der Waals surface area (Å²) in [4.78, 5) is 24.4. The van der Waals surface area contributed by atoms with Gasteiger partial charge in [0.05, 0.1) is 25.4 Å². The fraction of sp³-hybridized carbons (Fsp3) is 0.867. The highest BCUT2D eigenvalue weighted by Gasteiger charge is 2.18. The number of rotatable bonds is 54. The Morgan fingerprint density at radius 3 is 1.12 bits per heavy atom. The van der Waals surface area contributed by atoms with Gasteiger partial charge in [0, 0.05) is 12.8 Å². The number of esters is 1. The molecule has 6 heteroatoms.